The zero-order chi connectivity index (χ0) is 18.2. The third kappa shape index (κ3) is 5.93. The van der Waals surface area contributed by atoms with E-state index in [2.05, 4.69) is 45.1 Å². The van der Waals surface area contributed by atoms with Gasteiger partial charge in [-0.3, -0.25) is 4.79 Å². The molecule has 2 aromatic carbocycles. The van der Waals surface area contributed by atoms with E-state index in [-0.39, 0.29) is 5.91 Å². The van der Waals surface area contributed by atoms with Crippen molar-refractivity contribution in [2.24, 2.45) is 0 Å². The Hall–Kier alpha value is -2.29. The average molecular weight is 339 g/mol. The molecule has 3 heteroatoms. The number of benzene rings is 2. The van der Waals surface area contributed by atoms with Crippen molar-refractivity contribution in [2.75, 3.05) is 11.9 Å². The molecule has 0 aliphatic rings. The fourth-order valence-corrected chi connectivity index (χ4v) is 2.86. The number of rotatable bonds is 8. The lowest BCUT2D eigenvalue weighted by atomic mass is 9.98. The number of nitrogens with one attached hydrogen (secondary N) is 1. The molecule has 0 spiro atoms. The Morgan fingerprint density at radius 3 is 2.44 bits per heavy atom. The molecular formula is C22H29NO2. The lowest BCUT2D eigenvalue weighted by Gasteiger charge is -2.12. The van der Waals surface area contributed by atoms with Crippen LogP contribution in [0.4, 0.5) is 5.69 Å². The minimum Gasteiger partial charge on any atom is -0.494 e. The molecule has 0 saturated carbocycles. The number of carbonyl (C=O) groups is 1. The highest BCUT2D eigenvalue weighted by Gasteiger charge is 2.06. The molecule has 0 bridgehead atoms. The van der Waals surface area contributed by atoms with Crippen LogP contribution in [0.15, 0.2) is 42.5 Å². The minimum absolute atomic E-state index is 0.0270. The van der Waals surface area contributed by atoms with Gasteiger partial charge in [0, 0.05) is 12.1 Å². The predicted octanol–water partition coefficient (Wildman–Crippen LogP) is 5.48. The highest BCUT2D eigenvalue weighted by Crippen LogP contribution is 2.23. The Kier molecular flexibility index (Phi) is 7.05. The highest BCUT2D eigenvalue weighted by atomic mass is 16.5. The number of ether oxygens (including phenoxy) is 1. The molecule has 25 heavy (non-hydrogen) atoms. The number of hydrogen-bond acceptors (Lipinski definition) is 2. The SMILES string of the molecule is CCc1ccc(NC(=O)CCCOc2ccc(C(C)C)c(C)c2)cc1. The molecule has 0 aliphatic heterocycles. The quantitative estimate of drug-likeness (QED) is 0.647. The summed E-state index contributed by atoms with van der Waals surface area (Å²) >= 11 is 0. The third-order valence-electron chi connectivity index (χ3n) is 4.33. The molecule has 2 rings (SSSR count). The van der Waals surface area contributed by atoms with Crippen LogP contribution in [-0.4, -0.2) is 12.5 Å². The average Bonchev–Trinajstić information content (AvgIpc) is 2.59. The van der Waals surface area contributed by atoms with Gasteiger partial charge in [0.15, 0.2) is 0 Å². The predicted molar refractivity (Wildman–Crippen MR) is 104 cm³/mol. The van der Waals surface area contributed by atoms with Crippen molar-refractivity contribution in [2.45, 2.75) is 52.9 Å². The summed E-state index contributed by atoms with van der Waals surface area (Å²) in [5.74, 6) is 1.42. The Morgan fingerprint density at radius 1 is 1.12 bits per heavy atom. The van der Waals surface area contributed by atoms with E-state index in [4.69, 9.17) is 4.74 Å². The summed E-state index contributed by atoms with van der Waals surface area (Å²) in [5, 5.41) is 2.93. The Bertz CT molecular complexity index is 690. The summed E-state index contributed by atoms with van der Waals surface area (Å²) in [6, 6.07) is 14.2. The van der Waals surface area contributed by atoms with Crippen LogP contribution in [0.2, 0.25) is 0 Å². The van der Waals surface area contributed by atoms with E-state index in [1.165, 1.54) is 16.7 Å². The standard InChI is InChI=1S/C22H29NO2/c1-5-18-8-10-19(11-9-18)23-22(24)7-6-14-25-20-12-13-21(16(2)3)17(4)15-20/h8-13,15-16H,5-7,14H2,1-4H3,(H,23,24). The smallest absolute Gasteiger partial charge is 0.224 e. The van der Waals surface area contributed by atoms with Gasteiger partial charge in [0.2, 0.25) is 5.91 Å². The molecule has 3 nitrogen and oxygen atoms in total. The number of amides is 1. The van der Waals surface area contributed by atoms with Crippen molar-refractivity contribution < 1.29 is 9.53 Å². The van der Waals surface area contributed by atoms with Crippen LogP contribution in [-0.2, 0) is 11.2 Å². The fraction of sp³-hybridized carbons (Fsp3) is 0.409. The molecule has 2 aromatic rings. The lowest BCUT2D eigenvalue weighted by Crippen LogP contribution is -2.12. The molecular weight excluding hydrogens is 310 g/mol. The molecule has 0 atom stereocenters. The van der Waals surface area contributed by atoms with Gasteiger partial charge in [-0.05, 0) is 66.6 Å². The molecule has 0 heterocycles. The normalized spacial score (nSPS) is 10.8. The van der Waals surface area contributed by atoms with Gasteiger partial charge in [-0.15, -0.1) is 0 Å². The number of anilines is 1. The van der Waals surface area contributed by atoms with Crippen LogP contribution >= 0.6 is 0 Å². The van der Waals surface area contributed by atoms with Crippen LogP contribution in [0.3, 0.4) is 0 Å². The van der Waals surface area contributed by atoms with Crippen molar-refractivity contribution in [3.63, 3.8) is 0 Å². The summed E-state index contributed by atoms with van der Waals surface area (Å²) in [6.07, 6.45) is 2.16. The van der Waals surface area contributed by atoms with Gasteiger partial charge < -0.3 is 10.1 Å². The van der Waals surface area contributed by atoms with Gasteiger partial charge >= 0.3 is 0 Å². The number of aryl methyl sites for hydroxylation is 2. The van der Waals surface area contributed by atoms with E-state index in [1.54, 1.807) is 0 Å². The van der Waals surface area contributed by atoms with Crippen LogP contribution in [0.5, 0.6) is 5.75 Å². The third-order valence-corrected chi connectivity index (χ3v) is 4.33. The van der Waals surface area contributed by atoms with Crippen LogP contribution < -0.4 is 10.1 Å². The molecule has 0 fully saturated rings. The highest BCUT2D eigenvalue weighted by molar-refractivity contribution is 5.90. The van der Waals surface area contributed by atoms with E-state index in [0.717, 1.165) is 17.9 Å². The first-order chi connectivity index (χ1) is 12.0. The van der Waals surface area contributed by atoms with E-state index >= 15 is 0 Å². The Labute approximate surface area is 151 Å². The van der Waals surface area contributed by atoms with Gasteiger partial charge in [-0.1, -0.05) is 39.0 Å². The van der Waals surface area contributed by atoms with Crippen molar-refractivity contribution in [3.8, 4) is 5.75 Å². The first-order valence-electron chi connectivity index (χ1n) is 9.11. The maximum absolute atomic E-state index is 12.0. The molecule has 0 radical (unpaired) electrons. The van der Waals surface area contributed by atoms with Crippen molar-refractivity contribution >= 4 is 11.6 Å². The zero-order valence-electron chi connectivity index (χ0n) is 15.8. The molecule has 0 saturated heterocycles. The maximum atomic E-state index is 12.0. The summed E-state index contributed by atoms with van der Waals surface area (Å²) in [4.78, 5) is 12.0. The van der Waals surface area contributed by atoms with Crippen LogP contribution in [0.1, 0.15) is 56.2 Å². The molecule has 0 unspecified atom stereocenters. The summed E-state index contributed by atoms with van der Waals surface area (Å²) in [5.41, 5.74) is 4.72. The van der Waals surface area contributed by atoms with Gasteiger partial charge in [-0.25, -0.2) is 0 Å². The Morgan fingerprint density at radius 2 is 1.84 bits per heavy atom. The second-order valence-electron chi connectivity index (χ2n) is 6.72. The molecule has 1 amide bonds. The van der Waals surface area contributed by atoms with Crippen molar-refractivity contribution in [1.29, 1.82) is 0 Å². The number of hydrogen-bond donors (Lipinski definition) is 1. The largest absolute Gasteiger partial charge is 0.494 e. The minimum atomic E-state index is 0.0270. The molecule has 0 aromatic heterocycles. The molecule has 1 N–H and O–H groups in total. The first kappa shape index (κ1) is 19.0. The van der Waals surface area contributed by atoms with Crippen LogP contribution in [0, 0.1) is 6.92 Å². The van der Waals surface area contributed by atoms with Gasteiger partial charge in [0.05, 0.1) is 6.61 Å². The summed E-state index contributed by atoms with van der Waals surface area (Å²) in [6.45, 7) is 9.15. The Balaban J connectivity index is 1.73. The van der Waals surface area contributed by atoms with Gasteiger partial charge in [0.25, 0.3) is 0 Å². The van der Waals surface area contributed by atoms with Crippen molar-refractivity contribution in [1.82, 2.24) is 0 Å². The summed E-state index contributed by atoms with van der Waals surface area (Å²) in [7, 11) is 0. The second-order valence-corrected chi connectivity index (χ2v) is 6.72. The second kappa shape index (κ2) is 9.26. The fourth-order valence-electron chi connectivity index (χ4n) is 2.86. The lowest BCUT2D eigenvalue weighted by molar-refractivity contribution is -0.116. The van der Waals surface area contributed by atoms with E-state index in [0.29, 0.717) is 25.4 Å². The van der Waals surface area contributed by atoms with Crippen LogP contribution in [0.25, 0.3) is 0 Å². The van der Waals surface area contributed by atoms with Gasteiger partial charge in [0.1, 0.15) is 5.75 Å². The molecule has 134 valence electrons. The van der Waals surface area contributed by atoms with E-state index in [1.807, 2.05) is 30.3 Å². The first-order valence-corrected chi connectivity index (χ1v) is 9.11. The molecule has 0 aliphatic carbocycles. The zero-order valence-corrected chi connectivity index (χ0v) is 15.8. The van der Waals surface area contributed by atoms with E-state index in [9.17, 15) is 4.79 Å². The summed E-state index contributed by atoms with van der Waals surface area (Å²) < 4.78 is 5.77. The maximum Gasteiger partial charge on any atom is 0.224 e. The monoisotopic (exact) mass is 339 g/mol. The van der Waals surface area contributed by atoms with E-state index < -0.39 is 0 Å². The number of carbonyl (C=O) groups excluding carboxylic acids is 1. The topological polar surface area (TPSA) is 38.3 Å². The van der Waals surface area contributed by atoms with Gasteiger partial charge in [-0.2, -0.15) is 0 Å². The van der Waals surface area contributed by atoms with Crippen molar-refractivity contribution in [3.05, 3.63) is 59.2 Å².